The summed E-state index contributed by atoms with van der Waals surface area (Å²) in [6, 6.07) is 14.8. The summed E-state index contributed by atoms with van der Waals surface area (Å²) in [5.74, 6) is 0. The van der Waals surface area contributed by atoms with Crippen LogP contribution >= 0.6 is 11.6 Å². The van der Waals surface area contributed by atoms with E-state index in [0.29, 0.717) is 0 Å². The monoisotopic (exact) mass is 287 g/mol. The van der Waals surface area contributed by atoms with Crippen LogP contribution in [-0.2, 0) is 6.42 Å². The molecule has 106 valence electrons. The molecular weight excluding hydrogens is 266 g/mol. The second-order valence-electron chi connectivity index (χ2n) is 5.21. The van der Waals surface area contributed by atoms with Crippen molar-refractivity contribution in [2.45, 2.75) is 33.2 Å². The van der Waals surface area contributed by atoms with Crippen molar-refractivity contribution >= 4 is 11.6 Å². The van der Waals surface area contributed by atoms with Crippen molar-refractivity contribution in [2.24, 2.45) is 0 Å². The van der Waals surface area contributed by atoms with Crippen LogP contribution in [0.25, 0.3) is 0 Å². The third-order valence-electron chi connectivity index (χ3n) is 3.78. The average Bonchev–Trinajstić information content (AvgIpc) is 2.43. The molecular formula is C18H22ClN. The first-order chi connectivity index (χ1) is 9.63. The van der Waals surface area contributed by atoms with E-state index in [1.807, 2.05) is 12.1 Å². The number of halogens is 1. The molecule has 0 aromatic heterocycles. The van der Waals surface area contributed by atoms with Gasteiger partial charge in [0.2, 0.25) is 0 Å². The molecule has 0 aliphatic carbocycles. The fourth-order valence-corrected chi connectivity index (χ4v) is 2.94. The number of hydrogen-bond acceptors (Lipinski definition) is 1. The minimum atomic E-state index is 0.258. The maximum absolute atomic E-state index is 6.36. The molecule has 0 bridgehead atoms. The summed E-state index contributed by atoms with van der Waals surface area (Å²) in [6.07, 6.45) is 0.968. The molecule has 2 rings (SSSR count). The molecule has 0 saturated heterocycles. The summed E-state index contributed by atoms with van der Waals surface area (Å²) in [7, 11) is 0. The van der Waals surface area contributed by atoms with Crippen LogP contribution in [-0.4, -0.2) is 6.54 Å². The second kappa shape index (κ2) is 6.92. The minimum absolute atomic E-state index is 0.258. The van der Waals surface area contributed by atoms with Gasteiger partial charge >= 0.3 is 0 Å². The summed E-state index contributed by atoms with van der Waals surface area (Å²) < 4.78 is 0. The fraction of sp³-hybridized carbons (Fsp3) is 0.333. The predicted molar refractivity (Wildman–Crippen MR) is 87.5 cm³/mol. The Kier molecular flexibility index (Phi) is 5.22. The van der Waals surface area contributed by atoms with E-state index in [-0.39, 0.29) is 6.04 Å². The smallest absolute Gasteiger partial charge is 0.0453 e. The minimum Gasteiger partial charge on any atom is -0.310 e. The Morgan fingerprint density at radius 2 is 1.65 bits per heavy atom. The first-order valence-corrected chi connectivity index (χ1v) is 7.54. The summed E-state index contributed by atoms with van der Waals surface area (Å²) >= 11 is 6.36. The van der Waals surface area contributed by atoms with Crippen LogP contribution in [0.1, 0.15) is 35.2 Å². The van der Waals surface area contributed by atoms with E-state index in [9.17, 15) is 0 Å². The van der Waals surface area contributed by atoms with Crippen LogP contribution in [0.15, 0.2) is 42.5 Å². The summed E-state index contributed by atoms with van der Waals surface area (Å²) in [4.78, 5) is 0. The lowest BCUT2D eigenvalue weighted by molar-refractivity contribution is 0.548. The van der Waals surface area contributed by atoms with Gasteiger partial charge in [0.15, 0.2) is 0 Å². The summed E-state index contributed by atoms with van der Waals surface area (Å²) in [5, 5.41) is 4.40. The van der Waals surface area contributed by atoms with Gasteiger partial charge in [0, 0.05) is 11.1 Å². The number of aryl methyl sites for hydroxylation is 2. The number of hydrogen-bond donors (Lipinski definition) is 1. The Bertz CT molecular complexity index is 557. The normalized spacial score (nSPS) is 12.4. The lowest BCUT2D eigenvalue weighted by atomic mass is 9.93. The SMILES string of the molecule is CCNC(Cc1c(C)cccc1C)c1ccccc1Cl. The third kappa shape index (κ3) is 3.41. The molecule has 2 heteroatoms. The quantitative estimate of drug-likeness (QED) is 0.829. The van der Waals surface area contributed by atoms with Crippen LogP contribution in [0.3, 0.4) is 0 Å². The molecule has 1 nitrogen and oxygen atoms in total. The molecule has 2 aromatic rings. The Labute approximate surface area is 127 Å². The number of likely N-dealkylation sites (N-methyl/N-ethyl adjacent to an activating group) is 1. The molecule has 0 fully saturated rings. The molecule has 0 saturated carbocycles. The lowest BCUT2D eigenvalue weighted by Gasteiger charge is -2.22. The highest BCUT2D eigenvalue weighted by Crippen LogP contribution is 2.27. The van der Waals surface area contributed by atoms with Crippen LogP contribution in [0.4, 0.5) is 0 Å². The maximum atomic E-state index is 6.36. The van der Waals surface area contributed by atoms with Gasteiger partial charge in [-0.1, -0.05) is 54.9 Å². The zero-order chi connectivity index (χ0) is 14.5. The van der Waals surface area contributed by atoms with Gasteiger partial charge in [-0.25, -0.2) is 0 Å². The van der Waals surface area contributed by atoms with Crippen molar-refractivity contribution in [3.05, 3.63) is 69.7 Å². The van der Waals surface area contributed by atoms with Gasteiger partial charge in [-0.05, 0) is 55.1 Å². The Hall–Kier alpha value is -1.31. The van der Waals surface area contributed by atoms with E-state index in [4.69, 9.17) is 11.6 Å². The van der Waals surface area contributed by atoms with E-state index in [2.05, 4.69) is 56.4 Å². The zero-order valence-electron chi connectivity index (χ0n) is 12.4. The lowest BCUT2D eigenvalue weighted by Crippen LogP contribution is -2.24. The van der Waals surface area contributed by atoms with Crippen molar-refractivity contribution < 1.29 is 0 Å². The molecule has 0 aliphatic rings. The summed E-state index contributed by atoms with van der Waals surface area (Å²) in [5.41, 5.74) is 5.29. The van der Waals surface area contributed by atoms with E-state index < -0.39 is 0 Å². The van der Waals surface area contributed by atoms with Gasteiger partial charge in [0.1, 0.15) is 0 Å². The van der Waals surface area contributed by atoms with Gasteiger partial charge < -0.3 is 5.32 Å². The molecule has 2 aromatic carbocycles. The number of rotatable bonds is 5. The highest BCUT2D eigenvalue weighted by molar-refractivity contribution is 6.31. The first kappa shape index (κ1) is 15.1. The van der Waals surface area contributed by atoms with E-state index in [1.54, 1.807) is 0 Å². The van der Waals surface area contributed by atoms with Crippen LogP contribution in [0, 0.1) is 13.8 Å². The van der Waals surface area contributed by atoms with Crippen molar-refractivity contribution in [1.29, 1.82) is 0 Å². The number of benzene rings is 2. The van der Waals surface area contributed by atoms with Gasteiger partial charge in [0.25, 0.3) is 0 Å². The molecule has 0 heterocycles. The Morgan fingerprint density at radius 1 is 1.00 bits per heavy atom. The molecule has 0 radical (unpaired) electrons. The number of nitrogens with one attached hydrogen (secondary N) is 1. The zero-order valence-corrected chi connectivity index (χ0v) is 13.2. The van der Waals surface area contributed by atoms with Crippen LogP contribution in [0.2, 0.25) is 5.02 Å². The van der Waals surface area contributed by atoms with E-state index >= 15 is 0 Å². The maximum Gasteiger partial charge on any atom is 0.0453 e. The predicted octanol–water partition coefficient (Wildman–Crippen LogP) is 4.85. The molecule has 1 atom stereocenters. The van der Waals surface area contributed by atoms with E-state index in [1.165, 1.54) is 22.3 Å². The van der Waals surface area contributed by atoms with Crippen molar-refractivity contribution in [3.8, 4) is 0 Å². The van der Waals surface area contributed by atoms with Crippen molar-refractivity contribution in [2.75, 3.05) is 6.54 Å². The molecule has 0 aliphatic heterocycles. The van der Waals surface area contributed by atoms with E-state index in [0.717, 1.165) is 18.0 Å². The molecule has 1 N–H and O–H groups in total. The summed E-state index contributed by atoms with van der Waals surface area (Å²) in [6.45, 7) is 7.42. The van der Waals surface area contributed by atoms with Crippen LogP contribution in [0.5, 0.6) is 0 Å². The van der Waals surface area contributed by atoms with Crippen molar-refractivity contribution in [1.82, 2.24) is 5.32 Å². The fourth-order valence-electron chi connectivity index (χ4n) is 2.67. The molecule has 0 amide bonds. The first-order valence-electron chi connectivity index (χ1n) is 7.16. The second-order valence-corrected chi connectivity index (χ2v) is 5.61. The van der Waals surface area contributed by atoms with Crippen LogP contribution < -0.4 is 5.32 Å². The Balaban J connectivity index is 2.33. The highest BCUT2D eigenvalue weighted by Gasteiger charge is 2.16. The third-order valence-corrected chi connectivity index (χ3v) is 4.13. The molecule has 20 heavy (non-hydrogen) atoms. The van der Waals surface area contributed by atoms with Gasteiger partial charge in [0.05, 0.1) is 0 Å². The standard InChI is InChI=1S/C18H22ClN/c1-4-20-18(15-10-5-6-11-17(15)19)12-16-13(2)8-7-9-14(16)3/h5-11,18,20H,4,12H2,1-3H3. The van der Waals surface area contributed by atoms with Gasteiger partial charge in [-0.15, -0.1) is 0 Å². The average molecular weight is 288 g/mol. The largest absolute Gasteiger partial charge is 0.310 e. The molecule has 0 spiro atoms. The van der Waals surface area contributed by atoms with Gasteiger partial charge in [-0.2, -0.15) is 0 Å². The van der Waals surface area contributed by atoms with Crippen molar-refractivity contribution in [3.63, 3.8) is 0 Å². The topological polar surface area (TPSA) is 12.0 Å². The highest BCUT2D eigenvalue weighted by atomic mass is 35.5. The molecule has 1 unspecified atom stereocenters. The van der Waals surface area contributed by atoms with Gasteiger partial charge in [-0.3, -0.25) is 0 Å². The Morgan fingerprint density at radius 3 is 2.25 bits per heavy atom.